The molecule has 0 unspecified atom stereocenters. The Kier molecular flexibility index (Phi) is 5.06. The molecule has 0 bridgehead atoms. The van der Waals surface area contributed by atoms with Crippen molar-refractivity contribution in [1.82, 2.24) is 0 Å². The van der Waals surface area contributed by atoms with E-state index in [1.165, 1.54) is 12.1 Å². The van der Waals surface area contributed by atoms with Gasteiger partial charge in [0.15, 0.2) is 0 Å². The maximum atomic E-state index is 10.8. The number of halogens is 1. The van der Waals surface area contributed by atoms with E-state index >= 15 is 0 Å². The second kappa shape index (κ2) is 6.99. The van der Waals surface area contributed by atoms with Gasteiger partial charge in [0.1, 0.15) is 5.75 Å². The molecule has 0 aliphatic rings. The lowest BCUT2D eigenvalue weighted by Gasteiger charge is -2.09. The Labute approximate surface area is 128 Å². The van der Waals surface area contributed by atoms with Crippen molar-refractivity contribution in [3.63, 3.8) is 0 Å². The Morgan fingerprint density at radius 3 is 2.76 bits per heavy atom. The van der Waals surface area contributed by atoms with E-state index < -0.39 is 5.97 Å². The molecule has 0 fully saturated rings. The van der Waals surface area contributed by atoms with Gasteiger partial charge in [0, 0.05) is 6.54 Å². The Morgan fingerprint density at radius 1 is 1.29 bits per heavy atom. The van der Waals surface area contributed by atoms with Gasteiger partial charge in [0.05, 0.1) is 23.4 Å². The van der Waals surface area contributed by atoms with Crippen LogP contribution in [0.2, 0.25) is 5.02 Å². The molecule has 0 atom stereocenters. The molecule has 0 saturated carbocycles. The number of hydrogen-bond donors (Lipinski definition) is 2. The zero-order valence-electron chi connectivity index (χ0n) is 11.6. The first kappa shape index (κ1) is 15.2. The van der Waals surface area contributed by atoms with Gasteiger partial charge in [0.25, 0.3) is 0 Å². The third-order valence-corrected chi connectivity index (χ3v) is 3.39. The minimum atomic E-state index is -0.986. The van der Waals surface area contributed by atoms with E-state index in [2.05, 4.69) is 5.32 Å². The normalized spacial score (nSPS) is 10.2. The summed E-state index contributed by atoms with van der Waals surface area (Å²) in [5.74, 6) is -0.156. The van der Waals surface area contributed by atoms with Gasteiger partial charge >= 0.3 is 5.97 Å². The van der Waals surface area contributed by atoms with E-state index in [1.54, 1.807) is 13.2 Å². The second-order valence-corrected chi connectivity index (χ2v) is 4.94. The molecule has 21 heavy (non-hydrogen) atoms. The van der Waals surface area contributed by atoms with E-state index in [4.69, 9.17) is 21.4 Å². The SMILES string of the molecule is COc1cccc(CCNc2ccc(C(=O)O)cc2Cl)c1. The third kappa shape index (κ3) is 4.13. The molecule has 2 N–H and O–H groups in total. The summed E-state index contributed by atoms with van der Waals surface area (Å²) >= 11 is 6.06. The highest BCUT2D eigenvalue weighted by atomic mass is 35.5. The van der Waals surface area contributed by atoms with Crippen LogP contribution in [0.25, 0.3) is 0 Å². The number of ether oxygens (including phenoxy) is 1. The molecule has 2 aromatic rings. The number of carbonyl (C=O) groups is 1. The third-order valence-electron chi connectivity index (χ3n) is 3.08. The van der Waals surface area contributed by atoms with Crippen molar-refractivity contribution in [2.45, 2.75) is 6.42 Å². The summed E-state index contributed by atoms with van der Waals surface area (Å²) in [6, 6.07) is 12.5. The summed E-state index contributed by atoms with van der Waals surface area (Å²) in [7, 11) is 1.64. The van der Waals surface area contributed by atoms with E-state index in [9.17, 15) is 4.79 Å². The van der Waals surface area contributed by atoms with Crippen LogP contribution in [-0.2, 0) is 6.42 Å². The number of anilines is 1. The highest BCUT2D eigenvalue weighted by molar-refractivity contribution is 6.33. The van der Waals surface area contributed by atoms with Crippen molar-refractivity contribution in [3.05, 3.63) is 58.6 Å². The van der Waals surface area contributed by atoms with E-state index in [0.29, 0.717) is 11.6 Å². The maximum absolute atomic E-state index is 10.8. The fraction of sp³-hybridized carbons (Fsp3) is 0.188. The standard InChI is InChI=1S/C16H16ClNO3/c1-21-13-4-2-3-11(9-13)7-8-18-15-6-5-12(16(19)20)10-14(15)17/h2-6,9-10,18H,7-8H2,1H3,(H,19,20). The van der Waals surface area contributed by atoms with Crippen LogP contribution in [0.4, 0.5) is 5.69 Å². The zero-order chi connectivity index (χ0) is 15.2. The van der Waals surface area contributed by atoms with Gasteiger partial charge in [-0.05, 0) is 42.3 Å². The van der Waals surface area contributed by atoms with Gasteiger partial charge in [-0.15, -0.1) is 0 Å². The second-order valence-electron chi connectivity index (χ2n) is 4.53. The first-order valence-electron chi connectivity index (χ1n) is 6.50. The average Bonchev–Trinajstić information content (AvgIpc) is 2.49. The Bertz CT molecular complexity index is 643. The van der Waals surface area contributed by atoms with Gasteiger partial charge in [0.2, 0.25) is 0 Å². The molecule has 0 saturated heterocycles. The summed E-state index contributed by atoms with van der Waals surface area (Å²) in [6.45, 7) is 0.694. The number of benzene rings is 2. The number of nitrogens with one attached hydrogen (secondary N) is 1. The van der Waals surface area contributed by atoms with Gasteiger partial charge in [-0.2, -0.15) is 0 Å². The van der Waals surface area contributed by atoms with Crippen LogP contribution in [0.1, 0.15) is 15.9 Å². The predicted octanol–water partition coefficient (Wildman–Crippen LogP) is 3.70. The molecule has 0 amide bonds. The first-order valence-corrected chi connectivity index (χ1v) is 6.87. The molecule has 0 aromatic heterocycles. The average molecular weight is 306 g/mol. The molecule has 0 spiro atoms. The summed E-state index contributed by atoms with van der Waals surface area (Å²) in [5, 5.41) is 12.5. The number of methoxy groups -OCH3 is 1. The van der Waals surface area contributed by atoms with E-state index in [1.807, 2.05) is 24.3 Å². The molecule has 2 aromatic carbocycles. The monoisotopic (exact) mass is 305 g/mol. The number of hydrogen-bond acceptors (Lipinski definition) is 3. The van der Waals surface area contributed by atoms with E-state index in [-0.39, 0.29) is 5.56 Å². The van der Waals surface area contributed by atoms with Crippen LogP contribution in [0.3, 0.4) is 0 Å². The van der Waals surface area contributed by atoms with Crippen LogP contribution >= 0.6 is 11.6 Å². The number of rotatable bonds is 6. The maximum Gasteiger partial charge on any atom is 0.335 e. The van der Waals surface area contributed by atoms with Crippen molar-refractivity contribution in [2.24, 2.45) is 0 Å². The molecule has 4 nitrogen and oxygen atoms in total. The highest BCUT2D eigenvalue weighted by Crippen LogP contribution is 2.23. The molecule has 110 valence electrons. The molecule has 2 rings (SSSR count). The number of aromatic carboxylic acids is 1. The Balaban J connectivity index is 1.95. The molecular formula is C16H16ClNO3. The smallest absolute Gasteiger partial charge is 0.335 e. The van der Waals surface area contributed by atoms with Crippen molar-refractivity contribution in [3.8, 4) is 5.75 Å². The van der Waals surface area contributed by atoms with Crippen LogP contribution in [-0.4, -0.2) is 24.7 Å². The van der Waals surface area contributed by atoms with Crippen molar-refractivity contribution in [1.29, 1.82) is 0 Å². The molecule has 0 heterocycles. The van der Waals surface area contributed by atoms with Crippen molar-refractivity contribution >= 4 is 23.3 Å². The lowest BCUT2D eigenvalue weighted by atomic mass is 10.1. The molecule has 0 aliphatic heterocycles. The van der Waals surface area contributed by atoms with Crippen LogP contribution in [0.5, 0.6) is 5.75 Å². The van der Waals surface area contributed by atoms with Crippen molar-refractivity contribution in [2.75, 3.05) is 19.0 Å². The number of carboxylic acids is 1. The Hall–Kier alpha value is -2.20. The van der Waals surface area contributed by atoms with Crippen LogP contribution in [0.15, 0.2) is 42.5 Å². The first-order chi connectivity index (χ1) is 10.1. The fourth-order valence-corrected chi connectivity index (χ4v) is 2.21. The Morgan fingerprint density at radius 2 is 2.10 bits per heavy atom. The lowest BCUT2D eigenvalue weighted by Crippen LogP contribution is -2.06. The summed E-state index contributed by atoms with van der Waals surface area (Å²) in [6.07, 6.45) is 0.814. The highest BCUT2D eigenvalue weighted by Gasteiger charge is 2.06. The molecule has 0 radical (unpaired) electrons. The largest absolute Gasteiger partial charge is 0.497 e. The minimum Gasteiger partial charge on any atom is -0.497 e. The molecule has 0 aliphatic carbocycles. The fourth-order valence-electron chi connectivity index (χ4n) is 1.96. The zero-order valence-corrected chi connectivity index (χ0v) is 12.4. The van der Waals surface area contributed by atoms with Gasteiger partial charge < -0.3 is 15.2 Å². The van der Waals surface area contributed by atoms with Crippen molar-refractivity contribution < 1.29 is 14.6 Å². The van der Waals surface area contributed by atoms with Gasteiger partial charge in [-0.3, -0.25) is 0 Å². The van der Waals surface area contributed by atoms with Gasteiger partial charge in [-0.1, -0.05) is 23.7 Å². The molecular weight excluding hydrogens is 290 g/mol. The summed E-state index contributed by atoms with van der Waals surface area (Å²) in [5.41, 5.74) is 2.06. The minimum absolute atomic E-state index is 0.179. The number of carboxylic acid groups (broad SMARTS) is 1. The lowest BCUT2D eigenvalue weighted by molar-refractivity contribution is 0.0697. The quantitative estimate of drug-likeness (QED) is 0.854. The van der Waals surface area contributed by atoms with Crippen LogP contribution in [0, 0.1) is 0 Å². The summed E-state index contributed by atoms with van der Waals surface area (Å²) < 4.78 is 5.18. The van der Waals surface area contributed by atoms with Crippen LogP contribution < -0.4 is 10.1 Å². The predicted molar refractivity (Wildman–Crippen MR) is 83.6 cm³/mol. The molecule has 5 heteroatoms. The topological polar surface area (TPSA) is 58.6 Å². The van der Waals surface area contributed by atoms with Gasteiger partial charge in [-0.25, -0.2) is 4.79 Å². The summed E-state index contributed by atoms with van der Waals surface area (Å²) in [4.78, 5) is 10.8. The van der Waals surface area contributed by atoms with E-state index in [0.717, 1.165) is 23.4 Å².